The lowest BCUT2D eigenvalue weighted by Crippen LogP contribution is -2.55. The summed E-state index contributed by atoms with van der Waals surface area (Å²) in [6, 6.07) is 7.40. The first-order valence-corrected chi connectivity index (χ1v) is 8.64. The Kier molecular flexibility index (Phi) is 3.76. The van der Waals surface area contributed by atoms with Crippen LogP contribution in [0.1, 0.15) is 25.7 Å². The third-order valence-corrected chi connectivity index (χ3v) is 5.44. The summed E-state index contributed by atoms with van der Waals surface area (Å²) in [4.78, 5) is 32.3. The Labute approximate surface area is 146 Å². The van der Waals surface area contributed by atoms with Crippen molar-refractivity contribution in [1.29, 1.82) is 0 Å². The number of piperidine rings is 1. The lowest BCUT2D eigenvalue weighted by atomic mass is 9.80. The number of aromatic nitrogens is 1. The van der Waals surface area contributed by atoms with E-state index in [9.17, 15) is 9.59 Å². The van der Waals surface area contributed by atoms with E-state index < -0.39 is 5.54 Å². The van der Waals surface area contributed by atoms with Gasteiger partial charge in [0.25, 0.3) is 5.91 Å². The minimum atomic E-state index is -0.828. The van der Waals surface area contributed by atoms with Crippen molar-refractivity contribution in [2.75, 3.05) is 20.1 Å². The van der Waals surface area contributed by atoms with E-state index in [0.29, 0.717) is 12.4 Å². The van der Waals surface area contributed by atoms with Gasteiger partial charge in [-0.05, 0) is 38.4 Å². The van der Waals surface area contributed by atoms with Crippen molar-refractivity contribution in [3.63, 3.8) is 0 Å². The van der Waals surface area contributed by atoms with Crippen LogP contribution < -0.4 is 5.32 Å². The van der Waals surface area contributed by atoms with Crippen LogP contribution in [-0.2, 0) is 11.3 Å². The van der Waals surface area contributed by atoms with E-state index in [1.165, 1.54) is 11.9 Å². The summed E-state index contributed by atoms with van der Waals surface area (Å²) in [5.41, 5.74) is 0.821. The van der Waals surface area contributed by atoms with Gasteiger partial charge in [0.2, 0.25) is 5.89 Å². The predicted octanol–water partition coefficient (Wildman–Crippen LogP) is 1.98. The molecule has 0 radical (unpaired) electrons. The normalized spacial score (nSPS) is 27.9. The van der Waals surface area contributed by atoms with Crippen molar-refractivity contribution in [1.82, 2.24) is 20.1 Å². The van der Waals surface area contributed by atoms with Crippen LogP contribution in [0, 0.1) is 5.92 Å². The van der Waals surface area contributed by atoms with Gasteiger partial charge in [0.05, 0.1) is 6.54 Å². The summed E-state index contributed by atoms with van der Waals surface area (Å²) < 4.78 is 5.81. The zero-order valence-corrected chi connectivity index (χ0v) is 14.5. The second kappa shape index (κ2) is 5.84. The molecule has 2 saturated heterocycles. The van der Waals surface area contributed by atoms with E-state index in [4.69, 9.17) is 4.42 Å². The Morgan fingerprint density at radius 3 is 2.88 bits per heavy atom. The minimum Gasteiger partial charge on any atom is -0.439 e. The highest BCUT2D eigenvalue weighted by molar-refractivity contribution is 6.06. The number of benzene rings is 1. The number of fused-ring (bicyclic) bond motifs is 1. The molecule has 2 fully saturated rings. The maximum atomic E-state index is 12.5. The average molecular weight is 342 g/mol. The molecule has 25 heavy (non-hydrogen) atoms. The molecule has 2 aliphatic heterocycles. The molecule has 132 valence electrons. The molecule has 2 atom stereocenters. The smallest absolute Gasteiger partial charge is 0.324 e. The Morgan fingerprint density at radius 2 is 2.16 bits per heavy atom. The van der Waals surface area contributed by atoms with Crippen molar-refractivity contribution in [2.45, 2.75) is 31.8 Å². The lowest BCUT2D eigenvalue weighted by molar-refractivity contribution is -0.132. The van der Waals surface area contributed by atoms with Gasteiger partial charge in [0.15, 0.2) is 5.58 Å². The number of amides is 3. The zero-order valence-electron chi connectivity index (χ0n) is 14.5. The third-order valence-electron chi connectivity index (χ3n) is 5.44. The van der Waals surface area contributed by atoms with E-state index in [1.54, 1.807) is 0 Å². The summed E-state index contributed by atoms with van der Waals surface area (Å²) in [5, 5.41) is 2.88. The number of urea groups is 1. The number of para-hydroxylation sites is 2. The van der Waals surface area contributed by atoms with Crippen LogP contribution in [0.25, 0.3) is 11.1 Å². The predicted molar refractivity (Wildman–Crippen MR) is 91.7 cm³/mol. The first-order chi connectivity index (χ1) is 12.0. The summed E-state index contributed by atoms with van der Waals surface area (Å²) in [6.07, 6.45) is 1.90. The molecule has 2 aliphatic rings. The highest BCUT2D eigenvalue weighted by Crippen LogP contribution is 2.32. The van der Waals surface area contributed by atoms with Crippen molar-refractivity contribution in [3.8, 4) is 0 Å². The molecule has 0 saturated carbocycles. The number of imide groups is 1. The van der Waals surface area contributed by atoms with E-state index in [1.807, 2.05) is 31.2 Å². The fourth-order valence-electron chi connectivity index (χ4n) is 3.93. The molecule has 7 nitrogen and oxygen atoms in total. The molecule has 0 spiro atoms. The van der Waals surface area contributed by atoms with Crippen molar-refractivity contribution < 1.29 is 14.0 Å². The van der Waals surface area contributed by atoms with Crippen LogP contribution in [0.3, 0.4) is 0 Å². The number of oxazole rings is 1. The van der Waals surface area contributed by atoms with Gasteiger partial charge in [-0.15, -0.1) is 0 Å². The molecule has 3 amide bonds. The Morgan fingerprint density at radius 1 is 1.36 bits per heavy atom. The Bertz CT molecular complexity index is 800. The van der Waals surface area contributed by atoms with Gasteiger partial charge in [-0.2, -0.15) is 0 Å². The van der Waals surface area contributed by atoms with E-state index in [-0.39, 0.29) is 17.9 Å². The van der Waals surface area contributed by atoms with Crippen LogP contribution in [0.2, 0.25) is 0 Å². The van der Waals surface area contributed by atoms with Gasteiger partial charge < -0.3 is 9.73 Å². The highest BCUT2D eigenvalue weighted by Gasteiger charge is 2.51. The number of carbonyl (C=O) groups excluding carboxylic acids is 2. The first-order valence-electron chi connectivity index (χ1n) is 8.64. The monoisotopic (exact) mass is 342 g/mol. The highest BCUT2D eigenvalue weighted by atomic mass is 16.3. The SMILES string of the molecule is CN1C(=O)NC(C)(C2CCCN(Cc3nc4ccccc4o3)C2)C1=O. The van der Waals surface area contributed by atoms with Gasteiger partial charge in [0.1, 0.15) is 11.1 Å². The number of nitrogens with one attached hydrogen (secondary N) is 1. The minimum absolute atomic E-state index is 0.0760. The topological polar surface area (TPSA) is 78.7 Å². The molecule has 2 aromatic rings. The van der Waals surface area contributed by atoms with Crippen LogP contribution in [-0.4, -0.2) is 52.4 Å². The van der Waals surface area contributed by atoms with Gasteiger partial charge in [0, 0.05) is 19.5 Å². The van der Waals surface area contributed by atoms with Gasteiger partial charge in [-0.25, -0.2) is 9.78 Å². The molecular formula is C18H22N4O3. The Balaban J connectivity index is 1.49. The van der Waals surface area contributed by atoms with Gasteiger partial charge in [-0.3, -0.25) is 14.6 Å². The summed E-state index contributed by atoms with van der Waals surface area (Å²) >= 11 is 0. The van der Waals surface area contributed by atoms with E-state index >= 15 is 0 Å². The quantitative estimate of drug-likeness (QED) is 0.863. The molecule has 1 N–H and O–H groups in total. The number of carbonyl (C=O) groups is 2. The second-order valence-electron chi connectivity index (χ2n) is 7.15. The number of hydrogen-bond acceptors (Lipinski definition) is 5. The molecule has 0 aliphatic carbocycles. The fourth-order valence-corrected chi connectivity index (χ4v) is 3.93. The molecule has 1 aromatic heterocycles. The number of rotatable bonds is 3. The van der Waals surface area contributed by atoms with Crippen molar-refractivity contribution in [3.05, 3.63) is 30.2 Å². The average Bonchev–Trinajstić information content (AvgIpc) is 3.10. The summed E-state index contributed by atoms with van der Waals surface area (Å²) in [6.45, 7) is 4.11. The van der Waals surface area contributed by atoms with E-state index in [2.05, 4.69) is 15.2 Å². The fraction of sp³-hybridized carbons (Fsp3) is 0.500. The zero-order chi connectivity index (χ0) is 17.6. The molecular weight excluding hydrogens is 320 g/mol. The maximum absolute atomic E-state index is 12.5. The second-order valence-corrected chi connectivity index (χ2v) is 7.15. The summed E-state index contributed by atoms with van der Waals surface area (Å²) in [5.74, 6) is 0.615. The third kappa shape index (κ3) is 2.68. The number of hydrogen-bond donors (Lipinski definition) is 1. The van der Waals surface area contributed by atoms with Crippen LogP contribution >= 0.6 is 0 Å². The molecule has 0 bridgehead atoms. The number of nitrogens with zero attached hydrogens (tertiary/aromatic N) is 3. The Hall–Kier alpha value is -2.41. The number of likely N-dealkylation sites (tertiary alicyclic amines) is 1. The van der Waals surface area contributed by atoms with Crippen molar-refractivity contribution >= 4 is 23.0 Å². The van der Waals surface area contributed by atoms with Gasteiger partial charge in [-0.1, -0.05) is 12.1 Å². The standard InChI is InChI=1S/C18H22N4O3/c1-18(16(23)21(2)17(24)20-18)12-6-5-9-22(10-12)11-15-19-13-7-3-4-8-14(13)25-15/h3-4,7-8,12H,5-6,9-11H2,1-2H3,(H,20,24). The van der Waals surface area contributed by atoms with Crippen LogP contribution in [0.15, 0.2) is 28.7 Å². The summed E-state index contributed by atoms with van der Waals surface area (Å²) in [7, 11) is 1.53. The molecule has 3 heterocycles. The van der Waals surface area contributed by atoms with Crippen LogP contribution in [0.4, 0.5) is 4.79 Å². The largest absolute Gasteiger partial charge is 0.439 e. The van der Waals surface area contributed by atoms with Crippen molar-refractivity contribution in [2.24, 2.45) is 5.92 Å². The molecule has 1 aromatic carbocycles. The van der Waals surface area contributed by atoms with Gasteiger partial charge >= 0.3 is 6.03 Å². The molecule has 4 rings (SSSR count). The van der Waals surface area contributed by atoms with E-state index in [0.717, 1.165) is 37.0 Å². The lowest BCUT2D eigenvalue weighted by Gasteiger charge is -2.39. The number of likely N-dealkylation sites (N-methyl/N-ethyl adjacent to an activating group) is 1. The molecule has 2 unspecified atom stereocenters. The van der Waals surface area contributed by atoms with Crippen LogP contribution in [0.5, 0.6) is 0 Å². The first kappa shape index (κ1) is 16.1. The molecule has 7 heteroatoms. The maximum Gasteiger partial charge on any atom is 0.324 e.